The van der Waals surface area contributed by atoms with Crippen molar-refractivity contribution in [1.29, 1.82) is 0 Å². The van der Waals surface area contributed by atoms with E-state index in [9.17, 15) is 4.79 Å². The number of rotatable bonds is 6. The van der Waals surface area contributed by atoms with Crippen molar-refractivity contribution < 1.29 is 9.53 Å². The zero-order valence-electron chi connectivity index (χ0n) is 16.7. The maximum Gasteiger partial charge on any atom is 0.280 e. The van der Waals surface area contributed by atoms with Crippen LogP contribution in [0.3, 0.4) is 0 Å². The van der Waals surface area contributed by atoms with Crippen molar-refractivity contribution >= 4 is 11.6 Å². The van der Waals surface area contributed by atoms with E-state index in [1.807, 2.05) is 66.2 Å². The average molecular weight is 391 g/mol. The van der Waals surface area contributed by atoms with E-state index in [1.165, 1.54) is 0 Å². The standard InChI is InChI=1S/C22H25N5O2/c1-16-21(24-25-27(16)19-12-13-23-14-19)22(28)26(2)18-8-10-20(11-9-18)29-15-17-6-4-3-5-7-17/h3-11,19,23H,12-15H2,1-2H3. The summed E-state index contributed by atoms with van der Waals surface area (Å²) in [6.45, 7) is 4.23. The van der Waals surface area contributed by atoms with Crippen molar-refractivity contribution in [2.45, 2.75) is 26.0 Å². The van der Waals surface area contributed by atoms with Crippen LogP contribution < -0.4 is 15.0 Å². The summed E-state index contributed by atoms with van der Waals surface area (Å²) in [6.07, 6.45) is 0.998. The van der Waals surface area contributed by atoms with Gasteiger partial charge < -0.3 is 15.0 Å². The number of hydrogen-bond acceptors (Lipinski definition) is 5. The van der Waals surface area contributed by atoms with Gasteiger partial charge in [0.25, 0.3) is 5.91 Å². The molecule has 1 atom stereocenters. The smallest absolute Gasteiger partial charge is 0.280 e. The summed E-state index contributed by atoms with van der Waals surface area (Å²) in [5.41, 5.74) is 3.08. The lowest BCUT2D eigenvalue weighted by Crippen LogP contribution is -2.27. The number of nitrogens with zero attached hydrogens (tertiary/aromatic N) is 4. The summed E-state index contributed by atoms with van der Waals surface area (Å²) in [7, 11) is 1.75. The number of carbonyl (C=O) groups is 1. The molecule has 1 aliphatic heterocycles. The van der Waals surface area contributed by atoms with Crippen LogP contribution in [0.15, 0.2) is 54.6 Å². The molecular weight excluding hydrogens is 366 g/mol. The molecule has 1 N–H and O–H groups in total. The van der Waals surface area contributed by atoms with Gasteiger partial charge in [-0.3, -0.25) is 4.79 Å². The highest BCUT2D eigenvalue weighted by Gasteiger charge is 2.25. The van der Waals surface area contributed by atoms with E-state index in [2.05, 4.69) is 15.6 Å². The highest BCUT2D eigenvalue weighted by molar-refractivity contribution is 6.05. The second-order valence-electron chi connectivity index (χ2n) is 7.25. The Bertz CT molecular complexity index is 963. The number of benzene rings is 2. The molecule has 1 aromatic heterocycles. The molecule has 150 valence electrons. The van der Waals surface area contributed by atoms with Crippen molar-refractivity contribution in [3.8, 4) is 5.75 Å². The molecule has 1 saturated heterocycles. The number of hydrogen-bond donors (Lipinski definition) is 1. The molecule has 0 bridgehead atoms. The van der Waals surface area contributed by atoms with Gasteiger partial charge in [0.1, 0.15) is 12.4 Å². The predicted octanol–water partition coefficient (Wildman–Crippen LogP) is 2.98. The average Bonchev–Trinajstić information content (AvgIpc) is 3.42. The first-order valence-electron chi connectivity index (χ1n) is 9.81. The van der Waals surface area contributed by atoms with Gasteiger partial charge in [-0.2, -0.15) is 0 Å². The summed E-state index contributed by atoms with van der Waals surface area (Å²) in [5.74, 6) is 0.590. The second-order valence-corrected chi connectivity index (χ2v) is 7.25. The zero-order valence-corrected chi connectivity index (χ0v) is 16.7. The Hall–Kier alpha value is -3.19. The van der Waals surface area contributed by atoms with E-state index >= 15 is 0 Å². The fourth-order valence-electron chi connectivity index (χ4n) is 3.52. The molecule has 0 saturated carbocycles. The highest BCUT2D eigenvalue weighted by Crippen LogP contribution is 2.23. The number of ether oxygens (including phenoxy) is 1. The molecule has 3 aromatic rings. The summed E-state index contributed by atoms with van der Waals surface area (Å²) in [6, 6.07) is 17.8. The normalized spacial score (nSPS) is 16.0. The maximum absolute atomic E-state index is 13.0. The first-order chi connectivity index (χ1) is 14.1. The van der Waals surface area contributed by atoms with Crippen LogP contribution in [0.1, 0.15) is 34.2 Å². The molecule has 0 radical (unpaired) electrons. The van der Waals surface area contributed by atoms with Crippen molar-refractivity contribution in [2.24, 2.45) is 0 Å². The van der Waals surface area contributed by atoms with E-state index in [4.69, 9.17) is 4.74 Å². The Labute approximate surface area is 170 Å². The monoisotopic (exact) mass is 391 g/mol. The summed E-state index contributed by atoms with van der Waals surface area (Å²) < 4.78 is 7.68. The molecule has 1 fully saturated rings. The van der Waals surface area contributed by atoms with Crippen molar-refractivity contribution in [2.75, 3.05) is 25.0 Å². The van der Waals surface area contributed by atoms with Gasteiger partial charge in [0, 0.05) is 19.3 Å². The molecule has 2 aromatic carbocycles. The van der Waals surface area contributed by atoms with Gasteiger partial charge in [-0.1, -0.05) is 35.5 Å². The predicted molar refractivity (Wildman–Crippen MR) is 111 cm³/mol. The molecule has 2 heterocycles. The molecule has 4 rings (SSSR count). The fraction of sp³-hybridized carbons (Fsp3) is 0.318. The lowest BCUT2D eigenvalue weighted by Gasteiger charge is -2.17. The minimum atomic E-state index is -0.169. The van der Waals surface area contributed by atoms with Crippen molar-refractivity contribution in [1.82, 2.24) is 20.3 Å². The van der Waals surface area contributed by atoms with Gasteiger partial charge in [0.05, 0.1) is 11.7 Å². The number of amides is 1. The molecular formula is C22H25N5O2. The van der Waals surface area contributed by atoms with Gasteiger partial charge in [-0.15, -0.1) is 5.10 Å². The van der Waals surface area contributed by atoms with Crippen LogP contribution in [-0.4, -0.2) is 41.0 Å². The Morgan fingerprint density at radius 3 is 2.66 bits per heavy atom. The number of carbonyl (C=O) groups excluding carboxylic acids is 1. The summed E-state index contributed by atoms with van der Waals surface area (Å²) >= 11 is 0. The van der Waals surface area contributed by atoms with Gasteiger partial charge in [-0.25, -0.2) is 4.68 Å². The fourth-order valence-corrected chi connectivity index (χ4v) is 3.52. The number of aromatic nitrogens is 3. The Kier molecular flexibility index (Phi) is 5.57. The number of anilines is 1. The van der Waals surface area contributed by atoms with E-state index in [-0.39, 0.29) is 11.9 Å². The highest BCUT2D eigenvalue weighted by atomic mass is 16.5. The molecule has 1 aliphatic rings. The van der Waals surface area contributed by atoms with Gasteiger partial charge in [-0.05, 0) is 49.7 Å². The summed E-state index contributed by atoms with van der Waals surface area (Å²) in [5, 5.41) is 11.7. The summed E-state index contributed by atoms with van der Waals surface area (Å²) in [4.78, 5) is 14.5. The van der Waals surface area contributed by atoms with Crippen LogP contribution in [0.4, 0.5) is 5.69 Å². The second kappa shape index (κ2) is 8.45. The first kappa shape index (κ1) is 19.1. The minimum absolute atomic E-state index is 0.169. The van der Waals surface area contributed by atoms with E-state index in [1.54, 1.807) is 11.9 Å². The van der Waals surface area contributed by atoms with Gasteiger partial charge in [0.15, 0.2) is 5.69 Å². The quantitative estimate of drug-likeness (QED) is 0.699. The van der Waals surface area contributed by atoms with Crippen LogP contribution in [0.25, 0.3) is 0 Å². The lowest BCUT2D eigenvalue weighted by atomic mass is 10.2. The van der Waals surface area contributed by atoms with E-state index in [0.717, 1.165) is 42.2 Å². The first-order valence-corrected chi connectivity index (χ1v) is 9.81. The number of nitrogens with one attached hydrogen (secondary N) is 1. The Morgan fingerprint density at radius 1 is 1.21 bits per heavy atom. The van der Waals surface area contributed by atoms with Crippen LogP contribution in [0.5, 0.6) is 5.75 Å². The van der Waals surface area contributed by atoms with Gasteiger partial charge in [0.2, 0.25) is 0 Å². The van der Waals surface area contributed by atoms with Crippen molar-refractivity contribution in [3.63, 3.8) is 0 Å². The maximum atomic E-state index is 13.0. The van der Waals surface area contributed by atoms with Crippen LogP contribution >= 0.6 is 0 Å². The Morgan fingerprint density at radius 2 is 1.97 bits per heavy atom. The molecule has 0 spiro atoms. The van der Waals surface area contributed by atoms with Crippen LogP contribution in [0.2, 0.25) is 0 Å². The third-order valence-corrected chi connectivity index (χ3v) is 5.29. The largest absolute Gasteiger partial charge is 0.489 e. The van der Waals surface area contributed by atoms with E-state index < -0.39 is 0 Å². The molecule has 7 heteroatoms. The van der Waals surface area contributed by atoms with Gasteiger partial charge >= 0.3 is 0 Å². The lowest BCUT2D eigenvalue weighted by molar-refractivity contribution is 0.0987. The van der Waals surface area contributed by atoms with E-state index in [0.29, 0.717) is 12.3 Å². The SMILES string of the molecule is Cc1c(C(=O)N(C)c2ccc(OCc3ccccc3)cc2)nnn1C1CCNC1. The van der Waals surface area contributed by atoms with Crippen LogP contribution in [0, 0.1) is 6.92 Å². The molecule has 7 nitrogen and oxygen atoms in total. The van der Waals surface area contributed by atoms with Crippen LogP contribution in [-0.2, 0) is 6.61 Å². The third-order valence-electron chi connectivity index (χ3n) is 5.29. The Balaban J connectivity index is 1.42. The minimum Gasteiger partial charge on any atom is -0.489 e. The third kappa shape index (κ3) is 4.14. The zero-order chi connectivity index (χ0) is 20.2. The van der Waals surface area contributed by atoms with Crippen molar-refractivity contribution in [3.05, 3.63) is 71.5 Å². The molecule has 1 amide bonds. The molecule has 0 aliphatic carbocycles. The topological polar surface area (TPSA) is 72.3 Å². The molecule has 29 heavy (non-hydrogen) atoms. The molecule has 1 unspecified atom stereocenters.